The van der Waals surface area contributed by atoms with Gasteiger partial charge in [-0.05, 0) is 41.7 Å². The van der Waals surface area contributed by atoms with Crippen molar-refractivity contribution in [3.8, 4) is 0 Å². The van der Waals surface area contributed by atoms with E-state index in [2.05, 4.69) is 36.4 Å². The number of carbonyl (C=O) groups excluding carboxylic acids is 1. The Morgan fingerprint density at radius 1 is 1.12 bits per heavy atom. The van der Waals surface area contributed by atoms with E-state index in [-0.39, 0.29) is 0 Å². The van der Waals surface area contributed by atoms with Crippen LogP contribution in [0.4, 0.5) is 0 Å². The summed E-state index contributed by atoms with van der Waals surface area (Å²) in [5.74, 6) is 0. The summed E-state index contributed by atoms with van der Waals surface area (Å²) in [6.45, 7) is 0. The Balaban J connectivity index is 2.06. The van der Waals surface area contributed by atoms with E-state index in [0.717, 1.165) is 24.7 Å². The van der Waals surface area contributed by atoms with Crippen molar-refractivity contribution in [1.82, 2.24) is 0 Å². The van der Waals surface area contributed by atoms with Gasteiger partial charge in [0, 0.05) is 9.80 Å². The lowest BCUT2D eigenvalue weighted by Crippen LogP contribution is -1.96. The molecule has 0 spiro atoms. The molecule has 0 bridgehead atoms. The van der Waals surface area contributed by atoms with Crippen LogP contribution in [0.2, 0.25) is 0 Å². The molecule has 1 aliphatic carbocycles. The monoisotopic (exact) mass is 240 g/mol. The minimum atomic E-state index is 0.865. The molecule has 17 heavy (non-hydrogen) atoms. The highest BCUT2D eigenvalue weighted by molar-refractivity contribution is 8.03. The first-order valence-corrected chi connectivity index (χ1v) is 6.52. The molecule has 0 saturated carbocycles. The number of hydrogen-bond acceptors (Lipinski definition) is 2. The van der Waals surface area contributed by atoms with Crippen LogP contribution in [0, 0.1) is 0 Å². The number of carbonyl (C=O) groups is 1. The lowest BCUT2D eigenvalue weighted by atomic mass is 9.98. The van der Waals surface area contributed by atoms with Gasteiger partial charge >= 0.3 is 0 Å². The number of aldehydes is 1. The van der Waals surface area contributed by atoms with E-state index in [4.69, 9.17) is 0 Å². The van der Waals surface area contributed by atoms with Gasteiger partial charge in [-0.15, -0.1) is 0 Å². The molecule has 1 aromatic rings. The van der Waals surface area contributed by atoms with Crippen LogP contribution in [0.1, 0.15) is 18.4 Å². The molecule has 1 aromatic carbocycles. The van der Waals surface area contributed by atoms with Gasteiger partial charge in [0.15, 0.2) is 0 Å². The van der Waals surface area contributed by atoms with Crippen molar-refractivity contribution < 1.29 is 4.79 Å². The Morgan fingerprint density at radius 2 is 2.00 bits per heavy atom. The zero-order valence-electron chi connectivity index (χ0n) is 9.35. The summed E-state index contributed by atoms with van der Waals surface area (Å²) in [5, 5.41) is 0. The molecule has 0 unspecified atom stereocenters. The van der Waals surface area contributed by atoms with Crippen molar-refractivity contribution in [2.45, 2.75) is 17.7 Å². The molecule has 0 fully saturated rings. The second kappa shape index (κ2) is 4.38. The molecular formula is C15H12OS. The zero-order valence-corrected chi connectivity index (χ0v) is 10.2. The number of thioether (sulfide) groups is 1. The molecule has 2 heteroatoms. The molecule has 1 heterocycles. The summed E-state index contributed by atoms with van der Waals surface area (Å²) >= 11 is 1.76. The first-order chi connectivity index (χ1) is 8.36. The van der Waals surface area contributed by atoms with E-state index < -0.39 is 0 Å². The Bertz CT molecular complexity index is 564. The maximum Gasteiger partial charge on any atom is 0.146 e. The molecule has 3 rings (SSSR count). The molecule has 0 amide bonds. The van der Waals surface area contributed by atoms with Crippen molar-refractivity contribution >= 4 is 24.1 Å². The maximum atomic E-state index is 10.8. The summed E-state index contributed by atoms with van der Waals surface area (Å²) in [5.41, 5.74) is 3.51. The molecule has 2 aliphatic rings. The fraction of sp³-hybridized carbons (Fsp3) is 0.133. The lowest BCUT2D eigenvalue weighted by molar-refractivity contribution is -0.105. The molecule has 84 valence electrons. The SMILES string of the molecule is O=CC1=CC2=C(C=Cc3ccccc3S2)CC1. The van der Waals surface area contributed by atoms with Crippen LogP contribution in [0.15, 0.2) is 57.4 Å². The van der Waals surface area contributed by atoms with Crippen molar-refractivity contribution in [3.05, 3.63) is 58.0 Å². The first kappa shape index (κ1) is 10.6. The van der Waals surface area contributed by atoms with Gasteiger partial charge in [0.05, 0.1) is 0 Å². The summed E-state index contributed by atoms with van der Waals surface area (Å²) in [4.78, 5) is 13.3. The molecule has 0 N–H and O–H groups in total. The van der Waals surface area contributed by atoms with Crippen LogP contribution in [-0.4, -0.2) is 6.29 Å². The second-order valence-electron chi connectivity index (χ2n) is 4.20. The fourth-order valence-electron chi connectivity index (χ4n) is 2.11. The van der Waals surface area contributed by atoms with Crippen molar-refractivity contribution in [1.29, 1.82) is 0 Å². The second-order valence-corrected chi connectivity index (χ2v) is 5.28. The fourth-order valence-corrected chi connectivity index (χ4v) is 3.26. The van der Waals surface area contributed by atoms with E-state index >= 15 is 0 Å². The third kappa shape index (κ3) is 2.01. The Labute approximate surface area is 105 Å². The van der Waals surface area contributed by atoms with E-state index in [1.54, 1.807) is 11.8 Å². The summed E-state index contributed by atoms with van der Waals surface area (Å²) in [6, 6.07) is 8.37. The average Bonchev–Trinajstić information content (AvgIpc) is 2.56. The van der Waals surface area contributed by atoms with Crippen molar-refractivity contribution in [3.63, 3.8) is 0 Å². The normalized spacial score (nSPS) is 18.0. The van der Waals surface area contributed by atoms with Gasteiger partial charge in [0.25, 0.3) is 0 Å². The molecule has 1 aliphatic heterocycles. The van der Waals surface area contributed by atoms with E-state index in [1.165, 1.54) is 20.9 Å². The van der Waals surface area contributed by atoms with Gasteiger partial charge in [-0.2, -0.15) is 0 Å². The summed E-state index contributed by atoms with van der Waals surface area (Å²) < 4.78 is 0. The van der Waals surface area contributed by atoms with Gasteiger partial charge in [0.1, 0.15) is 6.29 Å². The minimum absolute atomic E-state index is 0.865. The quantitative estimate of drug-likeness (QED) is 0.691. The Hall–Kier alpha value is -1.54. The van der Waals surface area contributed by atoms with Gasteiger partial charge < -0.3 is 0 Å². The van der Waals surface area contributed by atoms with Gasteiger partial charge in [-0.3, -0.25) is 4.79 Å². The molecule has 0 atom stereocenters. The van der Waals surface area contributed by atoms with Crippen molar-refractivity contribution in [2.75, 3.05) is 0 Å². The predicted molar refractivity (Wildman–Crippen MR) is 71.7 cm³/mol. The first-order valence-electron chi connectivity index (χ1n) is 5.71. The highest BCUT2D eigenvalue weighted by Crippen LogP contribution is 2.40. The molecular weight excluding hydrogens is 228 g/mol. The number of benzene rings is 1. The van der Waals surface area contributed by atoms with Gasteiger partial charge in [0.2, 0.25) is 0 Å². The third-order valence-corrected chi connectivity index (χ3v) is 4.26. The van der Waals surface area contributed by atoms with Gasteiger partial charge in [-0.25, -0.2) is 0 Å². The minimum Gasteiger partial charge on any atom is -0.298 e. The third-order valence-electron chi connectivity index (χ3n) is 3.07. The zero-order chi connectivity index (χ0) is 11.7. The van der Waals surface area contributed by atoms with Crippen molar-refractivity contribution in [2.24, 2.45) is 0 Å². The summed E-state index contributed by atoms with van der Waals surface area (Å²) in [6.07, 6.45) is 9.20. The topological polar surface area (TPSA) is 17.1 Å². The highest BCUT2D eigenvalue weighted by atomic mass is 32.2. The number of allylic oxidation sites excluding steroid dienone is 4. The van der Waals surface area contributed by atoms with E-state index in [1.807, 2.05) is 6.08 Å². The van der Waals surface area contributed by atoms with Crippen LogP contribution < -0.4 is 0 Å². The lowest BCUT2D eigenvalue weighted by Gasteiger charge is -2.14. The predicted octanol–water partition coefficient (Wildman–Crippen LogP) is 3.98. The smallest absolute Gasteiger partial charge is 0.146 e. The Morgan fingerprint density at radius 3 is 2.88 bits per heavy atom. The van der Waals surface area contributed by atoms with Gasteiger partial charge in [-0.1, -0.05) is 42.1 Å². The van der Waals surface area contributed by atoms with Crippen LogP contribution in [-0.2, 0) is 4.79 Å². The van der Waals surface area contributed by atoms with Crippen LogP contribution in [0.25, 0.3) is 6.08 Å². The standard InChI is InChI=1S/C15H12OS/c16-10-11-5-6-13-8-7-12-3-1-2-4-14(12)17-15(13)9-11/h1-4,7-10H,5-6H2. The van der Waals surface area contributed by atoms with E-state index in [0.29, 0.717) is 0 Å². The maximum absolute atomic E-state index is 10.8. The number of fused-ring (bicyclic) bond motifs is 1. The average molecular weight is 240 g/mol. The largest absolute Gasteiger partial charge is 0.298 e. The molecule has 0 saturated heterocycles. The molecule has 0 radical (unpaired) electrons. The molecule has 1 nitrogen and oxygen atoms in total. The molecule has 0 aromatic heterocycles. The van der Waals surface area contributed by atoms with Crippen LogP contribution in [0.5, 0.6) is 0 Å². The summed E-state index contributed by atoms with van der Waals surface area (Å²) in [7, 11) is 0. The number of rotatable bonds is 1. The highest BCUT2D eigenvalue weighted by Gasteiger charge is 2.15. The van der Waals surface area contributed by atoms with Crippen LogP contribution in [0.3, 0.4) is 0 Å². The van der Waals surface area contributed by atoms with E-state index in [9.17, 15) is 4.79 Å². The number of hydrogen-bond donors (Lipinski definition) is 0. The van der Waals surface area contributed by atoms with Crippen LogP contribution >= 0.6 is 11.8 Å². The Kier molecular flexibility index (Phi) is 2.73.